The Kier molecular flexibility index (Phi) is 8.26. The molecule has 2 N–H and O–H groups in total. The van der Waals surface area contributed by atoms with E-state index < -0.39 is 23.5 Å². The molecular weight excluding hydrogens is 555 g/mol. The zero-order valence-corrected chi connectivity index (χ0v) is 22.7. The summed E-state index contributed by atoms with van der Waals surface area (Å²) in [6.07, 6.45) is 2.74. The standard InChI is InChI=1S/C31H25ClF3N3O3/c1-41-31(40)37-21-7-8-23-19-12-18(13-20(33)14-19)22(4-2-3-5-28(39)38-27(23)15-21)26-11-6-17(16-36-26)29-25(34)10-9-24(32)30(29)35/h6-16,22H,2-5H2,1H3,(H,37,40)(H,38,39). The van der Waals surface area contributed by atoms with Crippen LogP contribution >= 0.6 is 11.6 Å². The van der Waals surface area contributed by atoms with Crippen molar-refractivity contribution in [1.29, 1.82) is 0 Å². The first-order chi connectivity index (χ1) is 19.7. The summed E-state index contributed by atoms with van der Waals surface area (Å²) in [6, 6.07) is 15.0. The van der Waals surface area contributed by atoms with Gasteiger partial charge in [-0.15, -0.1) is 0 Å². The third-order valence-corrected chi connectivity index (χ3v) is 7.27. The van der Waals surface area contributed by atoms with Crippen molar-refractivity contribution in [2.24, 2.45) is 0 Å². The zero-order valence-electron chi connectivity index (χ0n) is 21.9. The van der Waals surface area contributed by atoms with E-state index in [0.29, 0.717) is 53.0 Å². The second kappa shape index (κ2) is 12.0. The van der Waals surface area contributed by atoms with Crippen molar-refractivity contribution in [2.75, 3.05) is 17.7 Å². The summed E-state index contributed by atoms with van der Waals surface area (Å²) in [4.78, 5) is 29.0. The summed E-state index contributed by atoms with van der Waals surface area (Å²) in [6.45, 7) is 0. The van der Waals surface area contributed by atoms with Crippen LogP contribution in [0.4, 0.5) is 29.3 Å². The van der Waals surface area contributed by atoms with Crippen molar-refractivity contribution >= 4 is 35.0 Å². The fraction of sp³-hybridized carbons (Fsp3) is 0.194. The molecule has 0 saturated heterocycles. The highest BCUT2D eigenvalue weighted by Gasteiger charge is 2.22. The highest BCUT2D eigenvalue weighted by molar-refractivity contribution is 6.31. The van der Waals surface area contributed by atoms with Crippen molar-refractivity contribution in [3.05, 3.63) is 101 Å². The van der Waals surface area contributed by atoms with Gasteiger partial charge in [-0.2, -0.15) is 0 Å². The molecule has 2 bridgehead atoms. The lowest BCUT2D eigenvalue weighted by Gasteiger charge is -2.21. The third kappa shape index (κ3) is 6.20. The predicted octanol–water partition coefficient (Wildman–Crippen LogP) is 8.31. The summed E-state index contributed by atoms with van der Waals surface area (Å²) >= 11 is 5.86. The molecule has 6 nitrogen and oxygen atoms in total. The van der Waals surface area contributed by atoms with Gasteiger partial charge >= 0.3 is 6.09 Å². The normalized spacial score (nSPS) is 15.1. The Hall–Kier alpha value is -4.37. The molecule has 10 heteroatoms. The van der Waals surface area contributed by atoms with Crippen LogP contribution in [0.3, 0.4) is 0 Å². The number of hydrogen-bond acceptors (Lipinski definition) is 4. The number of carbonyl (C=O) groups is 2. The third-order valence-electron chi connectivity index (χ3n) is 6.98. The molecule has 0 spiro atoms. The highest BCUT2D eigenvalue weighted by atomic mass is 35.5. The minimum absolute atomic E-state index is 0.199. The Bertz CT molecular complexity index is 1630. The monoisotopic (exact) mass is 579 g/mol. The average molecular weight is 580 g/mol. The summed E-state index contributed by atoms with van der Waals surface area (Å²) in [5.74, 6) is -2.68. The molecule has 41 heavy (non-hydrogen) atoms. The van der Waals surface area contributed by atoms with Crippen LogP contribution in [-0.2, 0) is 9.53 Å². The average Bonchev–Trinajstić information content (AvgIpc) is 2.95. The van der Waals surface area contributed by atoms with Crippen molar-refractivity contribution in [3.63, 3.8) is 0 Å². The number of pyridine rings is 1. The first-order valence-electron chi connectivity index (χ1n) is 12.9. The first-order valence-corrected chi connectivity index (χ1v) is 13.3. The van der Waals surface area contributed by atoms with E-state index in [-0.39, 0.29) is 34.4 Å². The van der Waals surface area contributed by atoms with Crippen LogP contribution in [0.25, 0.3) is 22.3 Å². The molecule has 1 aliphatic heterocycles. The Morgan fingerprint density at radius 3 is 2.61 bits per heavy atom. The molecule has 5 rings (SSSR count). The van der Waals surface area contributed by atoms with Gasteiger partial charge in [-0.3, -0.25) is 15.1 Å². The van der Waals surface area contributed by atoms with E-state index >= 15 is 4.39 Å². The maximum atomic E-state index is 15.1. The van der Waals surface area contributed by atoms with Gasteiger partial charge in [0.05, 0.1) is 23.4 Å². The van der Waals surface area contributed by atoms with Crippen LogP contribution in [0.2, 0.25) is 5.02 Å². The number of hydrogen-bond donors (Lipinski definition) is 2. The molecule has 210 valence electrons. The van der Waals surface area contributed by atoms with Gasteiger partial charge in [0.25, 0.3) is 0 Å². The van der Waals surface area contributed by atoms with E-state index in [2.05, 4.69) is 20.4 Å². The number of nitrogens with zero attached hydrogens (tertiary/aromatic N) is 1. The molecule has 0 aliphatic carbocycles. The molecule has 4 aromatic rings. The van der Waals surface area contributed by atoms with Crippen molar-refractivity contribution in [1.82, 2.24) is 4.98 Å². The van der Waals surface area contributed by atoms with Crippen LogP contribution in [0.15, 0.2) is 66.9 Å². The number of ether oxygens (including phenoxy) is 1. The number of halogens is 4. The summed E-state index contributed by atoms with van der Waals surface area (Å²) in [5, 5.41) is 5.25. The van der Waals surface area contributed by atoms with E-state index in [9.17, 15) is 18.4 Å². The van der Waals surface area contributed by atoms with Gasteiger partial charge in [0.1, 0.15) is 11.6 Å². The van der Waals surface area contributed by atoms with E-state index in [1.54, 1.807) is 30.3 Å². The smallest absolute Gasteiger partial charge is 0.411 e. The molecule has 0 radical (unpaired) electrons. The Morgan fingerprint density at radius 1 is 1.02 bits per heavy atom. The zero-order chi connectivity index (χ0) is 29.1. The van der Waals surface area contributed by atoms with Gasteiger partial charge < -0.3 is 10.1 Å². The molecule has 2 amide bonds. The molecule has 0 saturated carbocycles. The lowest BCUT2D eigenvalue weighted by atomic mass is 9.87. The number of aromatic nitrogens is 1. The largest absolute Gasteiger partial charge is 0.453 e. The van der Waals surface area contributed by atoms with Crippen molar-refractivity contribution in [3.8, 4) is 22.3 Å². The number of amides is 2. The number of methoxy groups -OCH3 is 1. The predicted molar refractivity (Wildman–Crippen MR) is 151 cm³/mol. The summed E-state index contributed by atoms with van der Waals surface area (Å²) < 4.78 is 48.8. The molecule has 1 atom stereocenters. The topological polar surface area (TPSA) is 80.3 Å². The Morgan fingerprint density at radius 2 is 1.85 bits per heavy atom. The number of rotatable bonds is 3. The maximum Gasteiger partial charge on any atom is 0.411 e. The molecule has 2 heterocycles. The van der Waals surface area contributed by atoms with Crippen LogP contribution < -0.4 is 10.6 Å². The lowest BCUT2D eigenvalue weighted by molar-refractivity contribution is -0.116. The van der Waals surface area contributed by atoms with Crippen LogP contribution in [0.1, 0.15) is 42.9 Å². The van der Waals surface area contributed by atoms with Gasteiger partial charge in [-0.1, -0.05) is 36.2 Å². The number of fused-ring (bicyclic) bond motifs is 4. The fourth-order valence-corrected chi connectivity index (χ4v) is 5.16. The lowest BCUT2D eigenvalue weighted by Crippen LogP contribution is -2.15. The molecule has 1 aromatic heterocycles. The van der Waals surface area contributed by atoms with Gasteiger partial charge in [0.2, 0.25) is 5.91 Å². The minimum Gasteiger partial charge on any atom is -0.453 e. The van der Waals surface area contributed by atoms with E-state index in [1.807, 2.05) is 6.07 Å². The van der Waals surface area contributed by atoms with Gasteiger partial charge in [-0.05, 0) is 66.4 Å². The van der Waals surface area contributed by atoms with Crippen LogP contribution in [-0.4, -0.2) is 24.1 Å². The second-order valence-electron chi connectivity index (χ2n) is 9.69. The Labute approximate surface area is 239 Å². The minimum atomic E-state index is -0.871. The van der Waals surface area contributed by atoms with Gasteiger partial charge in [-0.25, -0.2) is 18.0 Å². The van der Waals surface area contributed by atoms with Gasteiger partial charge in [0.15, 0.2) is 5.82 Å². The fourth-order valence-electron chi connectivity index (χ4n) is 5.00. The van der Waals surface area contributed by atoms with Crippen molar-refractivity contribution in [2.45, 2.75) is 31.6 Å². The molecule has 1 unspecified atom stereocenters. The molecule has 3 aromatic carbocycles. The van der Waals surface area contributed by atoms with Crippen LogP contribution in [0, 0.1) is 17.5 Å². The number of nitrogens with one attached hydrogen (secondary N) is 2. The van der Waals surface area contributed by atoms with E-state index in [0.717, 1.165) is 12.1 Å². The van der Waals surface area contributed by atoms with E-state index in [4.69, 9.17) is 11.6 Å². The SMILES string of the molecule is COC(=O)Nc1ccc2c(c1)NC(=O)CCCCC(c1ccc(-c3c(F)ccc(Cl)c3F)cn1)c1cc(F)cc-2c1. The maximum absolute atomic E-state index is 15.1. The second-order valence-corrected chi connectivity index (χ2v) is 10.1. The molecule has 0 fully saturated rings. The Balaban J connectivity index is 1.56. The van der Waals surface area contributed by atoms with Crippen molar-refractivity contribution < 1.29 is 27.5 Å². The van der Waals surface area contributed by atoms with Gasteiger partial charge in [0, 0.05) is 41.0 Å². The number of anilines is 2. The van der Waals surface area contributed by atoms with E-state index in [1.165, 1.54) is 25.4 Å². The molecule has 1 aliphatic rings. The molecular formula is C31H25ClF3N3O3. The highest BCUT2D eigenvalue weighted by Crippen LogP contribution is 2.38. The van der Waals surface area contributed by atoms with Crippen LogP contribution in [0.5, 0.6) is 0 Å². The summed E-state index contributed by atoms with van der Waals surface area (Å²) in [5.41, 5.74) is 3.09. The quantitative estimate of drug-likeness (QED) is 0.239. The number of carbonyl (C=O) groups excluding carboxylic acids is 2. The first kappa shape index (κ1) is 28.2. The summed E-state index contributed by atoms with van der Waals surface area (Å²) in [7, 11) is 1.24. The number of benzene rings is 3.